The SMILES string of the molecule is Cc1cccc(C)c1Nc1cc(C(=O)NCCc2ccc(F)cc2)ncn1. The first-order chi connectivity index (χ1) is 13.0. The van der Waals surface area contributed by atoms with Crippen LogP contribution in [0.5, 0.6) is 0 Å². The summed E-state index contributed by atoms with van der Waals surface area (Å²) in [5.41, 5.74) is 4.41. The number of amides is 1. The van der Waals surface area contributed by atoms with Crippen LogP contribution in [0.15, 0.2) is 54.9 Å². The molecule has 0 saturated carbocycles. The Labute approximate surface area is 157 Å². The Balaban J connectivity index is 1.62. The highest BCUT2D eigenvalue weighted by Crippen LogP contribution is 2.23. The first kappa shape index (κ1) is 18.5. The second kappa shape index (κ2) is 8.40. The highest BCUT2D eigenvalue weighted by molar-refractivity contribution is 5.93. The molecule has 27 heavy (non-hydrogen) atoms. The van der Waals surface area contributed by atoms with Gasteiger partial charge in [-0.1, -0.05) is 30.3 Å². The van der Waals surface area contributed by atoms with E-state index in [1.165, 1.54) is 18.5 Å². The van der Waals surface area contributed by atoms with Crippen LogP contribution in [0.3, 0.4) is 0 Å². The molecule has 0 saturated heterocycles. The van der Waals surface area contributed by atoms with Gasteiger partial charge in [-0.15, -0.1) is 0 Å². The van der Waals surface area contributed by atoms with Gasteiger partial charge in [0.05, 0.1) is 0 Å². The Morgan fingerprint density at radius 2 is 1.74 bits per heavy atom. The van der Waals surface area contributed by atoms with E-state index >= 15 is 0 Å². The van der Waals surface area contributed by atoms with E-state index in [0.717, 1.165) is 22.4 Å². The third-order valence-electron chi connectivity index (χ3n) is 4.25. The maximum atomic E-state index is 12.9. The summed E-state index contributed by atoms with van der Waals surface area (Å²) < 4.78 is 12.9. The number of benzene rings is 2. The Morgan fingerprint density at radius 3 is 2.44 bits per heavy atom. The van der Waals surface area contributed by atoms with E-state index in [4.69, 9.17) is 0 Å². The first-order valence-electron chi connectivity index (χ1n) is 8.71. The molecule has 3 rings (SSSR count). The molecule has 0 spiro atoms. The zero-order valence-corrected chi connectivity index (χ0v) is 15.3. The number of aryl methyl sites for hydroxylation is 2. The Morgan fingerprint density at radius 1 is 1.04 bits per heavy atom. The summed E-state index contributed by atoms with van der Waals surface area (Å²) in [6, 6.07) is 13.9. The fourth-order valence-corrected chi connectivity index (χ4v) is 2.75. The summed E-state index contributed by atoms with van der Waals surface area (Å²) in [5, 5.41) is 6.08. The lowest BCUT2D eigenvalue weighted by molar-refractivity contribution is 0.0949. The number of para-hydroxylation sites is 1. The van der Waals surface area contributed by atoms with Crippen molar-refractivity contribution in [2.75, 3.05) is 11.9 Å². The fraction of sp³-hybridized carbons (Fsp3) is 0.190. The molecular formula is C21H21FN4O. The summed E-state index contributed by atoms with van der Waals surface area (Å²) in [7, 11) is 0. The molecule has 0 radical (unpaired) electrons. The van der Waals surface area contributed by atoms with Gasteiger partial charge in [0.15, 0.2) is 0 Å². The number of carbonyl (C=O) groups is 1. The van der Waals surface area contributed by atoms with Gasteiger partial charge in [-0.25, -0.2) is 14.4 Å². The van der Waals surface area contributed by atoms with Crippen LogP contribution in [0.4, 0.5) is 15.9 Å². The lowest BCUT2D eigenvalue weighted by atomic mass is 10.1. The third kappa shape index (κ3) is 4.88. The van der Waals surface area contributed by atoms with E-state index in [2.05, 4.69) is 20.6 Å². The normalized spacial score (nSPS) is 10.5. The molecule has 0 unspecified atom stereocenters. The van der Waals surface area contributed by atoms with Gasteiger partial charge >= 0.3 is 0 Å². The molecule has 1 amide bonds. The van der Waals surface area contributed by atoms with Crippen LogP contribution in [0.1, 0.15) is 27.2 Å². The van der Waals surface area contributed by atoms with Crippen molar-refractivity contribution in [3.63, 3.8) is 0 Å². The van der Waals surface area contributed by atoms with Crippen molar-refractivity contribution in [3.05, 3.63) is 83.1 Å². The molecule has 6 heteroatoms. The molecule has 5 nitrogen and oxygen atoms in total. The van der Waals surface area contributed by atoms with Gasteiger partial charge in [0.2, 0.25) is 0 Å². The van der Waals surface area contributed by atoms with Gasteiger partial charge < -0.3 is 10.6 Å². The number of hydrogen-bond donors (Lipinski definition) is 2. The maximum absolute atomic E-state index is 12.9. The number of nitrogens with zero attached hydrogens (tertiary/aromatic N) is 2. The number of carbonyl (C=O) groups excluding carboxylic acids is 1. The molecule has 0 bridgehead atoms. The molecule has 2 aromatic carbocycles. The van der Waals surface area contributed by atoms with Crippen LogP contribution in [-0.4, -0.2) is 22.4 Å². The Hall–Kier alpha value is -3.28. The summed E-state index contributed by atoms with van der Waals surface area (Å²) in [4.78, 5) is 20.6. The van der Waals surface area contributed by atoms with E-state index in [9.17, 15) is 9.18 Å². The second-order valence-corrected chi connectivity index (χ2v) is 6.31. The van der Waals surface area contributed by atoms with Crippen molar-refractivity contribution in [2.45, 2.75) is 20.3 Å². The molecule has 138 valence electrons. The minimum atomic E-state index is -0.274. The van der Waals surface area contributed by atoms with E-state index in [0.29, 0.717) is 18.8 Å². The third-order valence-corrected chi connectivity index (χ3v) is 4.25. The molecular weight excluding hydrogens is 343 g/mol. The van der Waals surface area contributed by atoms with Crippen molar-refractivity contribution >= 4 is 17.4 Å². The summed E-state index contributed by atoms with van der Waals surface area (Å²) in [6.07, 6.45) is 1.98. The van der Waals surface area contributed by atoms with Gasteiger partial charge in [-0.05, 0) is 49.1 Å². The predicted molar refractivity (Wildman–Crippen MR) is 104 cm³/mol. The number of nitrogens with one attached hydrogen (secondary N) is 2. The number of hydrogen-bond acceptors (Lipinski definition) is 4. The van der Waals surface area contributed by atoms with Gasteiger partial charge in [0, 0.05) is 18.3 Å². The summed E-state index contributed by atoms with van der Waals surface area (Å²) >= 11 is 0. The van der Waals surface area contributed by atoms with Crippen molar-refractivity contribution < 1.29 is 9.18 Å². The topological polar surface area (TPSA) is 66.9 Å². The number of rotatable bonds is 6. The quantitative estimate of drug-likeness (QED) is 0.695. The van der Waals surface area contributed by atoms with Gasteiger partial charge in [0.25, 0.3) is 5.91 Å². The molecule has 0 fully saturated rings. The van der Waals surface area contributed by atoms with Crippen molar-refractivity contribution in [1.29, 1.82) is 0 Å². The molecule has 0 atom stereocenters. The van der Waals surface area contributed by atoms with Crippen molar-refractivity contribution in [3.8, 4) is 0 Å². The van der Waals surface area contributed by atoms with Crippen LogP contribution >= 0.6 is 0 Å². The minimum Gasteiger partial charge on any atom is -0.350 e. The molecule has 0 aliphatic rings. The highest BCUT2D eigenvalue weighted by Gasteiger charge is 2.10. The van der Waals surface area contributed by atoms with E-state index in [1.54, 1.807) is 18.2 Å². The molecule has 1 heterocycles. The van der Waals surface area contributed by atoms with Gasteiger partial charge in [0.1, 0.15) is 23.7 Å². The van der Waals surface area contributed by atoms with Crippen LogP contribution in [0.2, 0.25) is 0 Å². The minimum absolute atomic E-state index is 0.271. The maximum Gasteiger partial charge on any atom is 0.270 e. The Bertz CT molecular complexity index is 921. The van der Waals surface area contributed by atoms with E-state index in [-0.39, 0.29) is 17.4 Å². The number of aromatic nitrogens is 2. The molecule has 0 aliphatic carbocycles. The average Bonchev–Trinajstić information content (AvgIpc) is 2.66. The average molecular weight is 364 g/mol. The molecule has 3 aromatic rings. The largest absolute Gasteiger partial charge is 0.350 e. The molecule has 0 aliphatic heterocycles. The van der Waals surface area contributed by atoms with Gasteiger partial charge in [-0.2, -0.15) is 0 Å². The standard InChI is InChI=1S/C21H21FN4O/c1-14-4-3-5-15(2)20(14)26-19-12-18(24-13-25-19)21(27)23-11-10-16-6-8-17(22)9-7-16/h3-9,12-13H,10-11H2,1-2H3,(H,23,27)(H,24,25,26). The lowest BCUT2D eigenvalue weighted by Gasteiger charge is -2.12. The summed E-state index contributed by atoms with van der Waals surface area (Å²) in [6.45, 7) is 4.47. The number of anilines is 2. The highest BCUT2D eigenvalue weighted by atomic mass is 19.1. The molecule has 2 N–H and O–H groups in total. The van der Waals surface area contributed by atoms with E-state index in [1.807, 2.05) is 32.0 Å². The van der Waals surface area contributed by atoms with Crippen LogP contribution in [0.25, 0.3) is 0 Å². The van der Waals surface area contributed by atoms with Gasteiger partial charge in [-0.3, -0.25) is 4.79 Å². The van der Waals surface area contributed by atoms with Crippen LogP contribution in [-0.2, 0) is 6.42 Å². The van der Waals surface area contributed by atoms with Crippen LogP contribution < -0.4 is 10.6 Å². The first-order valence-corrected chi connectivity index (χ1v) is 8.71. The zero-order chi connectivity index (χ0) is 19.2. The molecule has 1 aromatic heterocycles. The second-order valence-electron chi connectivity index (χ2n) is 6.31. The lowest BCUT2D eigenvalue weighted by Crippen LogP contribution is -2.26. The van der Waals surface area contributed by atoms with Crippen LogP contribution in [0, 0.1) is 19.7 Å². The predicted octanol–water partition coefficient (Wildman–Crippen LogP) is 3.95. The monoisotopic (exact) mass is 364 g/mol. The zero-order valence-electron chi connectivity index (χ0n) is 15.3. The smallest absolute Gasteiger partial charge is 0.270 e. The van der Waals surface area contributed by atoms with Crippen molar-refractivity contribution in [2.24, 2.45) is 0 Å². The van der Waals surface area contributed by atoms with E-state index < -0.39 is 0 Å². The van der Waals surface area contributed by atoms with Crippen molar-refractivity contribution in [1.82, 2.24) is 15.3 Å². The number of halogens is 1. The Kier molecular flexibility index (Phi) is 5.76. The fourth-order valence-electron chi connectivity index (χ4n) is 2.75. The summed E-state index contributed by atoms with van der Waals surface area (Å²) in [5.74, 6) is 0.0165.